The lowest BCUT2D eigenvalue weighted by molar-refractivity contribution is 0.588. The van der Waals surface area contributed by atoms with Crippen molar-refractivity contribution in [1.82, 2.24) is 0 Å². The molecule has 0 saturated heterocycles. The molecule has 3 aromatic rings. The second-order valence-corrected chi connectivity index (χ2v) is 10.7. The van der Waals surface area contributed by atoms with Gasteiger partial charge in [-0.05, 0) is 78.1 Å². The van der Waals surface area contributed by atoms with Gasteiger partial charge in [0.1, 0.15) is 5.25 Å². The maximum Gasteiger partial charge on any atom is 0.189 e. The topological polar surface area (TPSA) is 34.1 Å². The van der Waals surface area contributed by atoms with Gasteiger partial charge in [0.25, 0.3) is 0 Å². The molecule has 0 bridgehead atoms. The minimum absolute atomic E-state index is 0.311. The monoisotopic (exact) mass is 482 g/mol. The van der Waals surface area contributed by atoms with Crippen LogP contribution in [0.2, 0.25) is 0 Å². The van der Waals surface area contributed by atoms with Crippen molar-refractivity contribution in [3.05, 3.63) is 150 Å². The van der Waals surface area contributed by atoms with E-state index in [0.29, 0.717) is 30.6 Å². The molecule has 0 aliphatic heterocycles. The lowest BCUT2D eigenvalue weighted by Gasteiger charge is -2.26. The van der Waals surface area contributed by atoms with Gasteiger partial charge in [0.2, 0.25) is 0 Å². The zero-order valence-corrected chi connectivity index (χ0v) is 21.4. The number of sulfone groups is 1. The first-order valence-electron chi connectivity index (χ1n) is 11.8. The molecule has 0 fully saturated rings. The Hall–Kier alpha value is -3.43. The summed E-state index contributed by atoms with van der Waals surface area (Å²) in [6.45, 7) is 17.6. The van der Waals surface area contributed by atoms with Crippen molar-refractivity contribution in [1.29, 1.82) is 0 Å². The van der Waals surface area contributed by atoms with Gasteiger partial charge in [-0.15, -0.1) is 26.3 Å². The lowest BCUT2D eigenvalue weighted by atomic mass is 9.88. The molecule has 3 aromatic carbocycles. The van der Waals surface area contributed by atoms with Crippen LogP contribution < -0.4 is 0 Å². The molecule has 0 unspecified atom stereocenters. The average molecular weight is 483 g/mol. The third-order valence-electron chi connectivity index (χ3n) is 6.27. The third kappa shape index (κ3) is 5.63. The van der Waals surface area contributed by atoms with Gasteiger partial charge in [0.05, 0.1) is 4.90 Å². The van der Waals surface area contributed by atoms with E-state index in [2.05, 4.69) is 26.3 Å². The van der Waals surface area contributed by atoms with Crippen molar-refractivity contribution in [2.75, 3.05) is 0 Å². The molecule has 0 saturated carbocycles. The highest BCUT2D eigenvalue weighted by Gasteiger charge is 2.34. The Morgan fingerprint density at radius 1 is 0.657 bits per heavy atom. The van der Waals surface area contributed by atoms with Crippen molar-refractivity contribution in [3.63, 3.8) is 0 Å². The first-order valence-corrected chi connectivity index (χ1v) is 13.4. The second kappa shape index (κ2) is 11.8. The summed E-state index contributed by atoms with van der Waals surface area (Å²) in [5.74, 6) is 0. The van der Waals surface area contributed by atoms with Crippen LogP contribution in [0, 0.1) is 6.92 Å². The summed E-state index contributed by atoms with van der Waals surface area (Å²) in [5.41, 5.74) is 6.68. The molecule has 0 amide bonds. The van der Waals surface area contributed by atoms with Gasteiger partial charge in [0.15, 0.2) is 9.84 Å². The van der Waals surface area contributed by atoms with Crippen LogP contribution in [0.1, 0.15) is 44.2 Å². The normalized spacial score (nSPS) is 11.3. The highest BCUT2D eigenvalue weighted by atomic mass is 32.2. The van der Waals surface area contributed by atoms with E-state index in [1.165, 1.54) is 0 Å². The predicted molar refractivity (Wildman–Crippen MR) is 149 cm³/mol. The van der Waals surface area contributed by atoms with Crippen LogP contribution in [-0.2, 0) is 35.5 Å². The molecule has 3 heteroatoms. The van der Waals surface area contributed by atoms with E-state index in [-0.39, 0.29) is 0 Å². The van der Waals surface area contributed by atoms with Gasteiger partial charge in [0, 0.05) is 0 Å². The van der Waals surface area contributed by atoms with Crippen molar-refractivity contribution in [2.45, 2.75) is 42.8 Å². The van der Waals surface area contributed by atoms with E-state index in [1.54, 1.807) is 12.1 Å². The summed E-state index contributed by atoms with van der Waals surface area (Å²) in [5, 5.41) is -0.871. The number of rotatable bonds is 12. The van der Waals surface area contributed by atoms with E-state index in [9.17, 15) is 8.42 Å². The molecule has 0 heterocycles. The molecule has 0 aliphatic carbocycles. The van der Waals surface area contributed by atoms with Gasteiger partial charge in [-0.2, -0.15) is 0 Å². The molecule has 0 N–H and O–H groups in total. The maximum absolute atomic E-state index is 14.4. The van der Waals surface area contributed by atoms with Crippen LogP contribution in [0.25, 0.3) is 0 Å². The first-order chi connectivity index (χ1) is 16.9. The van der Waals surface area contributed by atoms with Gasteiger partial charge < -0.3 is 0 Å². The fourth-order valence-corrected chi connectivity index (χ4v) is 6.54. The number of allylic oxidation sites excluding steroid dienone is 4. The molecule has 180 valence electrons. The van der Waals surface area contributed by atoms with E-state index in [0.717, 1.165) is 38.9 Å². The summed E-state index contributed by atoms with van der Waals surface area (Å²) < 4.78 is 28.8. The average Bonchev–Trinajstić information content (AvgIpc) is 2.83. The Morgan fingerprint density at radius 2 is 1.09 bits per heavy atom. The third-order valence-corrected chi connectivity index (χ3v) is 8.33. The Bertz CT molecular complexity index is 1260. The fourth-order valence-electron chi connectivity index (χ4n) is 4.65. The zero-order valence-electron chi connectivity index (χ0n) is 20.5. The quantitative estimate of drug-likeness (QED) is 0.251. The smallest absolute Gasteiger partial charge is 0.189 e. The number of hydrogen-bond acceptors (Lipinski definition) is 2. The lowest BCUT2D eigenvalue weighted by Crippen LogP contribution is -2.20. The molecule has 3 rings (SSSR count). The Balaban J connectivity index is 2.42. The van der Waals surface area contributed by atoms with Crippen molar-refractivity contribution >= 4 is 9.84 Å². The molecule has 35 heavy (non-hydrogen) atoms. The number of aryl methyl sites for hydroxylation is 1. The van der Waals surface area contributed by atoms with Crippen LogP contribution in [0.4, 0.5) is 0 Å². The van der Waals surface area contributed by atoms with E-state index >= 15 is 0 Å². The van der Waals surface area contributed by atoms with Crippen molar-refractivity contribution in [2.24, 2.45) is 0 Å². The molecule has 0 aliphatic rings. The van der Waals surface area contributed by atoms with Gasteiger partial charge in [-0.25, -0.2) is 8.42 Å². The Labute approximate surface area is 211 Å². The van der Waals surface area contributed by atoms with Crippen LogP contribution in [-0.4, -0.2) is 8.42 Å². The molecule has 0 radical (unpaired) electrons. The Kier molecular flexibility index (Phi) is 8.84. The van der Waals surface area contributed by atoms with Gasteiger partial charge in [-0.3, -0.25) is 0 Å². The summed E-state index contributed by atoms with van der Waals surface area (Å²) in [6.07, 6.45) is 9.82. The summed E-state index contributed by atoms with van der Waals surface area (Å²) in [7, 11) is -3.79. The fraction of sp³-hybridized carbons (Fsp3) is 0.188. The minimum atomic E-state index is -3.79. The van der Waals surface area contributed by atoms with E-state index in [1.807, 2.05) is 79.8 Å². The van der Waals surface area contributed by atoms with Gasteiger partial charge >= 0.3 is 0 Å². The molecule has 0 atom stereocenters. The zero-order chi connectivity index (χ0) is 25.4. The SMILES string of the molecule is C=CCc1cccc(C(c2cccc(CC=C)c2CC=C)S(=O)(=O)c2ccc(C)cc2)c1CC=C. The maximum atomic E-state index is 14.4. The second-order valence-electron chi connectivity index (χ2n) is 8.68. The molecular formula is C32H34O2S. The first kappa shape index (κ1) is 26.2. The van der Waals surface area contributed by atoms with Crippen molar-refractivity contribution in [3.8, 4) is 0 Å². The summed E-state index contributed by atoms with van der Waals surface area (Å²) in [6, 6.07) is 19.0. The van der Waals surface area contributed by atoms with Crippen LogP contribution in [0.15, 0.2) is 116 Å². The standard InChI is InChI=1S/C32H34O2S/c1-6-12-25-16-10-18-30(28(25)14-8-3)32(35(33,34)27-22-20-24(5)21-23-27)31-19-11-17-26(13-7-2)29(31)15-9-4/h6-11,16-23,32H,1-4,12-15H2,5H3. The van der Waals surface area contributed by atoms with Crippen LogP contribution in [0.5, 0.6) is 0 Å². The van der Waals surface area contributed by atoms with E-state index < -0.39 is 15.1 Å². The molecular weight excluding hydrogens is 448 g/mol. The minimum Gasteiger partial charge on any atom is -0.223 e. The van der Waals surface area contributed by atoms with Crippen molar-refractivity contribution < 1.29 is 8.42 Å². The summed E-state index contributed by atoms with van der Waals surface area (Å²) in [4.78, 5) is 0.311. The number of hydrogen-bond donors (Lipinski definition) is 0. The Morgan fingerprint density at radius 3 is 1.49 bits per heavy atom. The largest absolute Gasteiger partial charge is 0.223 e. The van der Waals surface area contributed by atoms with Crippen LogP contribution in [0.3, 0.4) is 0 Å². The highest BCUT2D eigenvalue weighted by molar-refractivity contribution is 7.92. The highest BCUT2D eigenvalue weighted by Crippen LogP contribution is 2.40. The van der Waals surface area contributed by atoms with Crippen LogP contribution >= 0.6 is 0 Å². The predicted octanol–water partition coefficient (Wildman–Crippen LogP) is 7.47. The summed E-state index contributed by atoms with van der Waals surface area (Å²) >= 11 is 0. The van der Waals surface area contributed by atoms with E-state index in [4.69, 9.17) is 0 Å². The molecule has 2 nitrogen and oxygen atoms in total. The number of benzene rings is 3. The molecule has 0 aromatic heterocycles. The van der Waals surface area contributed by atoms with Gasteiger partial charge in [-0.1, -0.05) is 78.4 Å². The molecule has 0 spiro atoms.